The molecule has 1 fully saturated rings. The van der Waals surface area contributed by atoms with Gasteiger partial charge in [-0.1, -0.05) is 35.6 Å². The van der Waals surface area contributed by atoms with Crippen molar-refractivity contribution >= 4 is 40.2 Å². The van der Waals surface area contributed by atoms with Gasteiger partial charge in [-0.05, 0) is 63.7 Å². The van der Waals surface area contributed by atoms with Gasteiger partial charge in [0.25, 0.3) is 5.91 Å². The number of amides is 1. The predicted molar refractivity (Wildman–Crippen MR) is 155 cm³/mol. The van der Waals surface area contributed by atoms with Gasteiger partial charge < -0.3 is 31.1 Å². The van der Waals surface area contributed by atoms with Crippen molar-refractivity contribution in [1.82, 2.24) is 15.2 Å². The molecule has 1 amide bonds. The van der Waals surface area contributed by atoms with E-state index < -0.39 is 0 Å². The van der Waals surface area contributed by atoms with Crippen LogP contribution in [0.25, 0.3) is 0 Å². The summed E-state index contributed by atoms with van der Waals surface area (Å²) in [6.45, 7) is 5.84. The first kappa shape index (κ1) is 29.3. The first-order valence-corrected chi connectivity index (χ1v) is 13.2. The summed E-state index contributed by atoms with van der Waals surface area (Å²) in [6.07, 6.45) is 6.79. The minimum atomic E-state index is -0.304. The molecule has 0 unspecified atom stereocenters. The number of aliphatic imine (C=N–C) groups is 1. The van der Waals surface area contributed by atoms with Crippen LogP contribution in [0, 0.1) is 13.8 Å². The molecule has 11 heteroatoms. The number of phenols is 1. The maximum atomic E-state index is 12.5. The van der Waals surface area contributed by atoms with Crippen LogP contribution in [0.2, 0.25) is 0 Å². The van der Waals surface area contributed by atoms with E-state index in [9.17, 15) is 14.7 Å². The summed E-state index contributed by atoms with van der Waals surface area (Å²) >= 11 is 1.15. The van der Waals surface area contributed by atoms with E-state index in [2.05, 4.69) is 32.6 Å². The lowest BCUT2D eigenvalue weighted by Crippen LogP contribution is -2.27. The molecule has 0 radical (unpaired) electrons. The maximum Gasteiger partial charge on any atom is 0.267 e. The number of hydrogen-bond donors (Lipinski definition) is 4. The van der Waals surface area contributed by atoms with E-state index in [1.807, 2.05) is 37.3 Å². The van der Waals surface area contributed by atoms with Crippen molar-refractivity contribution in [1.29, 1.82) is 0 Å². The van der Waals surface area contributed by atoms with Crippen molar-refractivity contribution in [3.05, 3.63) is 76.9 Å². The number of likely N-dealkylation sites (N-methyl/N-ethyl adjacent to an activating group) is 1. The first-order valence-electron chi connectivity index (χ1n) is 12.4. The molecule has 2 heterocycles. The molecule has 0 bridgehead atoms. The van der Waals surface area contributed by atoms with Crippen molar-refractivity contribution in [3.8, 4) is 11.5 Å². The number of anilines is 1. The van der Waals surface area contributed by atoms with Crippen LogP contribution in [-0.2, 0) is 4.79 Å². The van der Waals surface area contributed by atoms with Gasteiger partial charge in [0.2, 0.25) is 5.13 Å². The summed E-state index contributed by atoms with van der Waals surface area (Å²) in [4.78, 5) is 33.5. The van der Waals surface area contributed by atoms with Gasteiger partial charge >= 0.3 is 0 Å². The van der Waals surface area contributed by atoms with E-state index in [-0.39, 0.29) is 18.3 Å². The third kappa shape index (κ3) is 9.24. The number of nitrogens with one attached hydrogen (secondary N) is 2. The van der Waals surface area contributed by atoms with Crippen LogP contribution in [0.3, 0.4) is 0 Å². The van der Waals surface area contributed by atoms with Gasteiger partial charge in [0, 0.05) is 24.4 Å². The number of thiazole rings is 1. The average Bonchev–Trinajstić information content (AvgIpc) is 3.57. The van der Waals surface area contributed by atoms with Crippen molar-refractivity contribution in [2.24, 2.45) is 10.7 Å². The largest absolute Gasteiger partial charge is 0.508 e. The summed E-state index contributed by atoms with van der Waals surface area (Å²) in [5, 5.41) is 16.4. The summed E-state index contributed by atoms with van der Waals surface area (Å²) in [5.74, 6) is 0.874. The van der Waals surface area contributed by atoms with E-state index in [4.69, 9.17) is 10.5 Å². The highest BCUT2D eigenvalue weighted by molar-refractivity contribution is 7.17. The lowest BCUT2D eigenvalue weighted by atomic mass is 10.1. The summed E-state index contributed by atoms with van der Waals surface area (Å²) < 4.78 is 4.99. The fourth-order valence-electron chi connectivity index (χ4n) is 3.76. The standard InChI is InChI=1S/C20H26N6O2S.C8H8O2/c1-12-4-5-15(27)13(2)18(12)25-19(28)16-10-23-20(29-16)24-17(21)6-8-22-14-7-9-26(3)11-14;9-6-7-10-8-4-2-1-3-5-8/h4-6,8,10,14,22,27H,7,9,11H2,1-3H3,(H,25,28)(H2,21,23,24);1-6H,7H2/b8-6-;/t14-;/m1./s1. The third-order valence-corrected chi connectivity index (χ3v) is 6.75. The third-order valence-electron chi connectivity index (χ3n) is 5.86. The van der Waals surface area contributed by atoms with Gasteiger partial charge in [0.05, 0.1) is 11.9 Å². The molecule has 0 saturated carbocycles. The molecule has 1 aliphatic rings. The molecule has 39 heavy (non-hydrogen) atoms. The summed E-state index contributed by atoms with van der Waals surface area (Å²) in [5.41, 5.74) is 8.02. The zero-order valence-corrected chi connectivity index (χ0v) is 23.1. The van der Waals surface area contributed by atoms with E-state index >= 15 is 0 Å². The Morgan fingerprint density at radius 3 is 2.74 bits per heavy atom. The Hall–Kier alpha value is -4.22. The second kappa shape index (κ2) is 14.6. The molecule has 0 spiro atoms. The van der Waals surface area contributed by atoms with Gasteiger partial charge in [-0.25, -0.2) is 9.98 Å². The smallest absolute Gasteiger partial charge is 0.267 e. The predicted octanol–water partition coefficient (Wildman–Crippen LogP) is 3.78. The molecule has 5 N–H and O–H groups in total. The number of ether oxygens (including phenoxy) is 1. The molecule has 1 aromatic heterocycles. The number of phenolic OH excluding ortho intramolecular Hbond substituents is 1. The molecule has 4 rings (SSSR count). The van der Waals surface area contributed by atoms with Crippen molar-refractivity contribution < 1.29 is 19.4 Å². The Balaban J connectivity index is 0.000000353. The molecule has 3 aromatic rings. The van der Waals surface area contributed by atoms with Crippen LogP contribution in [0.5, 0.6) is 11.5 Å². The molecule has 1 atom stereocenters. The van der Waals surface area contributed by atoms with Crippen molar-refractivity contribution in [2.75, 3.05) is 32.1 Å². The fourth-order valence-corrected chi connectivity index (χ4v) is 4.46. The van der Waals surface area contributed by atoms with Gasteiger partial charge in [0.15, 0.2) is 6.29 Å². The Labute approximate surface area is 232 Å². The molecule has 206 valence electrons. The molecule has 1 saturated heterocycles. The number of nitrogens with two attached hydrogens (primary N) is 1. The highest BCUT2D eigenvalue weighted by atomic mass is 32.1. The number of benzene rings is 2. The number of nitrogens with zero attached hydrogens (tertiary/aromatic N) is 3. The molecule has 1 aliphatic heterocycles. The SMILES string of the molecule is Cc1ccc(O)c(C)c1NC(=O)c1cnc(/N=C(N)\C=C/N[C@@H]2CCN(C)C2)s1.O=CCOc1ccccc1. The minimum Gasteiger partial charge on any atom is -0.508 e. The summed E-state index contributed by atoms with van der Waals surface area (Å²) in [7, 11) is 2.10. The quantitative estimate of drug-likeness (QED) is 0.179. The Kier molecular flexibility index (Phi) is 11.0. The maximum absolute atomic E-state index is 12.5. The average molecular weight is 551 g/mol. The zero-order valence-electron chi connectivity index (χ0n) is 22.3. The Morgan fingerprint density at radius 1 is 1.28 bits per heavy atom. The van der Waals surface area contributed by atoms with Crippen LogP contribution in [-0.4, -0.2) is 65.8 Å². The highest BCUT2D eigenvalue weighted by Crippen LogP contribution is 2.29. The van der Waals surface area contributed by atoms with Crippen LogP contribution in [0.4, 0.5) is 10.8 Å². The number of rotatable bonds is 9. The number of carbonyl (C=O) groups is 2. The lowest BCUT2D eigenvalue weighted by molar-refractivity contribution is -0.109. The van der Waals surface area contributed by atoms with Crippen LogP contribution in [0.1, 0.15) is 27.2 Å². The fraction of sp³-hybridized carbons (Fsp3) is 0.286. The molecular weight excluding hydrogens is 516 g/mol. The number of amidine groups is 1. The van der Waals surface area contributed by atoms with Gasteiger partial charge in [-0.2, -0.15) is 0 Å². The van der Waals surface area contributed by atoms with Crippen LogP contribution < -0.4 is 21.1 Å². The Morgan fingerprint density at radius 2 is 2.05 bits per heavy atom. The minimum absolute atomic E-state index is 0.129. The van der Waals surface area contributed by atoms with E-state index in [1.165, 1.54) is 6.20 Å². The number of aromatic hydroxyl groups is 1. The van der Waals surface area contributed by atoms with Gasteiger partial charge in [-0.15, -0.1) is 0 Å². The number of aryl methyl sites for hydroxylation is 1. The summed E-state index contributed by atoms with van der Waals surface area (Å²) in [6, 6.07) is 13.0. The highest BCUT2D eigenvalue weighted by Gasteiger charge is 2.17. The molecule has 10 nitrogen and oxygen atoms in total. The van der Waals surface area contributed by atoms with Gasteiger partial charge in [-0.3, -0.25) is 9.59 Å². The number of carbonyl (C=O) groups excluding carboxylic acids is 2. The van der Waals surface area contributed by atoms with Gasteiger partial charge in [0.1, 0.15) is 28.8 Å². The number of hydrogen-bond acceptors (Lipinski definition) is 9. The zero-order chi connectivity index (χ0) is 28.2. The number of aromatic nitrogens is 1. The van der Waals surface area contributed by atoms with E-state index in [1.54, 1.807) is 31.3 Å². The second-order valence-electron chi connectivity index (χ2n) is 8.94. The lowest BCUT2D eigenvalue weighted by Gasteiger charge is -2.11. The van der Waals surface area contributed by atoms with Crippen molar-refractivity contribution in [2.45, 2.75) is 26.3 Å². The molecule has 2 aromatic carbocycles. The number of likely N-dealkylation sites (tertiary alicyclic amines) is 1. The topological polar surface area (TPSA) is 142 Å². The number of para-hydroxylation sites is 1. The number of aldehydes is 1. The monoisotopic (exact) mass is 550 g/mol. The van der Waals surface area contributed by atoms with E-state index in [0.717, 1.165) is 48.4 Å². The Bertz CT molecular complexity index is 1310. The van der Waals surface area contributed by atoms with Crippen LogP contribution in [0.15, 0.2) is 65.9 Å². The van der Waals surface area contributed by atoms with E-state index in [0.29, 0.717) is 33.1 Å². The normalized spacial score (nSPS) is 15.5. The molecule has 0 aliphatic carbocycles. The van der Waals surface area contributed by atoms with Crippen molar-refractivity contribution in [3.63, 3.8) is 0 Å². The molecular formula is C28H34N6O4S. The van der Waals surface area contributed by atoms with Crippen LogP contribution >= 0.6 is 11.3 Å². The first-order chi connectivity index (χ1) is 18.8. The second-order valence-corrected chi connectivity index (χ2v) is 9.95.